The molecule has 1 fully saturated rings. The monoisotopic (exact) mass is 439 g/mol. The first kappa shape index (κ1) is 19.1. The van der Waals surface area contributed by atoms with E-state index in [1.54, 1.807) is 28.4 Å². The zero-order chi connectivity index (χ0) is 20.7. The summed E-state index contributed by atoms with van der Waals surface area (Å²) in [5.41, 5.74) is 1.54. The lowest BCUT2D eigenvalue weighted by Crippen LogP contribution is -2.37. The molecule has 0 bridgehead atoms. The molecule has 0 unspecified atom stereocenters. The number of thiophene rings is 2. The predicted molar refractivity (Wildman–Crippen MR) is 117 cm³/mol. The van der Waals surface area contributed by atoms with Crippen LogP contribution in [0.5, 0.6) is 0 Å². The van der Waals surface area contributed by atoms with Gasteiger partial charge in [0.1, 0.15) is 17.2 Å². The van der Waals surface area contributed by atoms with Gasteiger partial charge in [0.2, 0.25) is 5.91 Å². The molecule has 152 valence electrons. The van der Waals surface area contributed by atoms with Gasteiger partial charge in [-0.05, 0) is 42.0 Å². The minimum atomic E-state index is -0.300. The second-order valence-electron chi connectivity index (χ2n) is 7.36. The highest BCUT2D eigenvalue weighted by molar-refractivity contribution is 7.18. The fourth-order valence-corrected chi connectivity index (χ4v) is 5.24. The summed E-state index contributed by atoms with van der Waals surface area (Å²) < 4.78 is 14.6. The summed E-state index contributed by atoms with van der Waals surface area (Å²) in [4.78, 5) is 34.1. The Bertz CT molecular complexity index is 1260. The lowest BCUT2D eigenvalue weighted by atomic mass is 10.2. The van der Waals surface area contributed by atoms with E-state index in [4.69, 9.17) is 0 Å². The Balaban J connectivity index is 1.43. The van der Waals surface area contributed by atoms with E-state index in [0.717, 1.165) is 28.8 Å². The Morgan fingerprint density at radius 1 is 1.20 bits per heavy atom. The van der Waals surface area contributed by atoms with Gasteiger partial charge in [0, 0.05) is 28.4 Å². The van der Waals surface area contributed by atoms with Crippen LogP contribution in [0.4, 0.5) is 4.39 Å². The summed E-state index contributed by atoms with van der Waals surface area (Å²) in [7, 11) is 0. The lowest BCUT2D eigenvalue weighted by Gasteiger charge is -2.23. The minimum Gasteiger partial charge on any atom is -0.334 e. The summed E-state index contributed by atoms with van der Waals surface area (Å²) >= 11 is 3.01. The van der Waals surface area contributed by atoms with Gasteiger partial charge in [-0.2, -0.15) is 0 Å². The van der Waals surface area contributed by atoms with Gasteiger partial charge in [-0.15, -0.1) is 22.7 Å². The van der Waals surface area contributed by atoms with Gasteiger partial charge >= 0.3 is 0 Å². The van der Waals surface area contributed by atoms with Crippen LogP contribution in [0.1, 0.15) is 18.4 Å². The molecular formula is C22H18FN3O2S2. The van der Waals surface area contributed by atoms with Gasteiger partial charge in [-0.1, -0.05) is 18.2 Å². The highest BCUT2D eigenvalue weighted by Crippen LogP contribution is 2.33. The number of aromatic nitrogens is 2. The number of hydrogen-bond acceptors (Lipinski definition) is 5. The standard InChI is InChI=1S/C22H18FN3O2S2/c23-15-5-3-14(4-6-15)10-26(16-7-8-16)19(27)11-25-13-24-21-20(22(25)28)17(12-30-21)18-2-1-9-29-18/h1-6,9,12-13,16H,7-8,10-11H2. The van der Waals surface area contributed by atoms with Crippen molar-refractivity contribution >= 4 is 38.8 Å². The van der Waals surface area contributed by atoms with E-state index in [0.29, 0.717) is 16.8 Å². The van der Waals surface area contributed by atoms with Crippen molar-refractivity contribution in [3.63, 3.8) is 0 Å². The minimum absolute atomic E-state index is 0.0564. The van der Waals surface area contributed by atoms with Crippen LogP contribution in [0.25, 0.3) is 20.7 Å². The Morgan fingerprint density at radius 3 is 2.70 bits per heavy atom. The number of fused-ring (bicyclic) bond motifs is 1. The van der Waals surface area contributed by atoms with E-state index in [9.17, 15) is 14.0 Å². The molecule has 1 aromatic carbocycles. The van der Waals surface area contributed by atoms with Crippen LogP contribution in [0.15, 0.2) is 58.3 Å². The highest BCUT2D eigenvalue weighted by atomic mass is 32.1. The number of nitrogens with zero attached hydrogens (tertiary/aromatic N) is 3. The van der Waals surface area contributed by atoms with E-state index in [1.165, 1.54) is 34.4 Å². The quantitative estimate of drug-likeness (QED) is 0.444. The van der Waals surface area contributed by atoms with Crippen molar-refractivity contribution in [2.45, 2.75) is 32.0 Å². The van der Waals surface area contributed by atoms with Gasteiger partial charge in [0.15, 0.2) is 0 Å². The molecule has 0 atom stereocenters. The Labute approximate surface area is 180 Å². The Hall–Kier alpha value is -2.84. The second-order valence-corrected chi connectivity index (χ2v) is 9.17. The maximum absolute atomic E-state index is 13.2. The van der Waals surface area contributed by atoms with Crippen molar-refractivity contribution in [2.75, 3.05) is 0 Å². The SMILES string of the molecule is O=C(Cn1cnc2scc(-c3cccs3)c2c1=O)N(Cc1ccc(F)cc1)C1CC1. The van der Waals surface area contributed by atoms with Crippen LogP contribution in [-0.2, 0) is 17.9 Å². The maximum Gasteiger partial charge on any atom is 0.263 e. The predicted octanol–water partition coefficient (Wildman–Crippen LogP) is 4.52. The fourth-order valence-electron chi connectivity index (χ4n) is 3.52. The lowest BCUT2D eigenvalue weighted by molar-refractivity contribution is -0.133. The molecule has 0 N–H and O–H groups in total. The molecule has 0 saturated heterocycles. The number of carbonyl (C=O) groups is 1. The number of halogens is 1. The molecule has 5 rings (SSSR count). The second kappa shape index (κ2) is 7.77. The largest absolute Gasteiger partial charge is 0.334 e. The van der Waals surface area contributed by atoms with Gasteiger partial charge in [0.05, 0.1) is 11.7 Å². The fraction of sp³-hybridized carbons (Fsp3) is 0.227. The molecule has 0 spiro atoms. The summed E-state index contributed by atoms with van der Waals surface area (Å²) in [5, 5.41) is 4.48. The normalized spacial score (nSPS) is 13.6. The third-order valence-corrected chi connectivity index (χ3v) is 7.02. The molecule has 1 aliphatic carbocycles. The summed E-state index contributed by atoms with van der Waals surface area (Å²) in [5.74, 6) is -0.427. The number of rotatable bonds is 6. The van der Waals surface area contributed by atoms with E-state index in [-0.39, 0.29) is 29.9 Å². The molecule has 0 radical (unpaired) electrons. The van der Waals surface area contributed by atoms with E-state index in [1.807, 2.05) is 22.9 Å². The van der Waals surface area contributed by atoms with Crippen molar-refractivity contribution in [1.82, 2.24) is 14.5 Å². The molecule has 5 nitrogen and oxygen atoms in total. The van der Waals surface area contributed by atoms with Crippen molar-refractivity contribution in [1.29, 1.82) is 0 Å². The molecule has 1 amide bonds. The molecule has 8 heteroatoms. The zero-order valence-corrected chi connectivity index (χ0v) is 17.6. The van der Waals surface area contributed by atoms with Gasteiger partial charge < -0.3 is 4.90 Å². The van der Waals surface area contributed by atoms with E-state index < -0.39 is 0 Å². The molecular weight excluding hydrogens is 421 g/mol. The molecule has 3 heterocycles. The summed E-state index contributed by atoms with van der Waals surface area (Å²) in [6.07, 6.45) is 3.36. The van der Waals surface area contributed by atoms with Crippen LogP contribution in [0.2, 0.25) is 0 Å². The van der Waals surface area contributed by atoms with Gasteiger partial charge in [-0.3, -0.25) is 14.2 Å². The van der Waals surface area contributed by atoms with Gasteiger partial charge in [0.25, 0.3) is 5.56 Å². The average molecular weight is 440 g/mol. The third kappa shape index (κ3) is 3.68. The van der Waals surface area contributed by atoms with Crippen molar-refractivity contribution in [3.05, 3.63) is 75.2 Å². The first-order chi connectivity index (χ1) is 14.6. The molecule has 3 aromatic heterocycles. The highest BCUT2D eigenvalue weighted by Gasteiger charge is 2.32. The molecule has 30 heavy (non-hydrogen) atoms. The first-order valence-electron chi connectivity index (χ1n) is 9.64. The van der Waals surface area contributed by atoms with E-state index >= 15 is 0 Å². The number of benzene rings is 1. The molecule has 4 aromatic rings. The van der Waals surface area contributed by atoms with Crippen LogP contribution < -0.4 is 5.56 Å². The van der Waals surface area contributed by atoms with Crippen LogP contribution in [0.3, 0.4) is 0 Å². The number of hydrogen-bond donors (Lipinski definition) is 0. The molecule has 1 saturated carbocycles. The van der Waals surface area contributed by atoms with Crippen molar-refractivity contribution in [2.24, 2.45) is 0 Å². The molecule has 0 aliphatic heterocycles. The van der Waals surface area contributed by atoms with Crippen molar-refractivity contribution in [3.8, 4) is 10.4 Å². The van der Waals surface area contributed by atoms with Crippen LogP contribution >= 0.6 is 22.7 Å². The van der Waals surface area contributed by atoms with Crippen LogP contribution in [0, 0.1) is 5.82 Å². The Morgan fingerprint density at radius 2 is 2.00 bits per heavy atom. The van der Waals surface area contributed by atoms with E-state index in [2.05, 4.69) is 4.98 Å². The zero-order valence-electron chi connectivity index (χ0n) is 16.0. The first-order valence-corrected chi connectivity index (χ1v) is 11.4. The van der Waals surface area contributed by atoms with Gasteiger partial charge in [-0.25, -0.2) is 9.37 Å². The smallest absolute Gasteiger partial charge is 0.263 e. The number of amides is 1. The summed E-state index contributed by atoms with van der Waals surface area (Å²) in [6.45, 7) is 0.353. The maximum atomic E-state index is 13.2. The number of carbonyl (C=O) groups excluding carboxylic acids is 1. The summed E-state index contributed by atoms with van der Waals surface area (Å²) in [6, 6.07) is 10.3. The van der Waals surface area contributed by atoms with Crippen LogP contribution in [-0.4, -0.2) is 26.4 Å². The molecule has 1 aliphatic rings. The van der Waals surface area contributed by atoms with Crippen molar-refractivity contribution < 1.29 is 9.18 Å². The third-order valence-electron chi connectivity index (χ3n) is 5.23. The Kier molecular flexibility index (Phi) is 4.96. The average Bonchev–Trinajstić information content (AvgIpc) is 3.25. The topological polar surface area (TPSA) is 55.2 Å².